The van der Waals surface area contributed by atoms with Crippen LogP contribution in [0.2, 0.25) is 0 Å². The summed E-state index contributed by atoms with van der Waals surface area (Å²) in [6, 6.07) is 5.57. The molecular formula is C16H16N6O2S2. The van der Waals surface area contributed by atoms with Gasteiger partial charge in [-0.25, -0.2) is 0 Å². The van der Waals surface area contributed by atoms with E-state index < -0.39 is 0 Å². The van der Waals surface area contributed by atoms with Crippen LogP contribution in [-0.4, -0.2) is 42.6 Å². The summed E-state index contributed by atoms with van der Waals surface area (Å²) in [7, 11) is 0. The molecule has 1 aliphatic heterocycles. The van der Waals surface area contributed by atoms with Crippen LogP contribution in [-0.2, 0) is 11.3 Å². The molecule has 26 heavy (non-hydrogen) atoms. The van der Waals surface area contributed by atoms with Gasteiger partial charge in [0.25, 0.3) is 5.91 Å². The zero-order valence-corrected chi connectivity index (χ0v) is 15.4. The molecule has 4 rings (SSSR count). The lowest BCUT2D eigenvalue weighted by molar-refractivity contribution is -0.132. The van der Waals surface area contributed by atoms with E-state index in [0.717, 1.165) is 35.8 Å². The predicted molar refractivity (Wildman–Crippen MR) is 98.1 cm³/mol. The van der Waals surface area contributed by atoms with E-state index in [0.29, 0.717) is 9.88 Å². The van der Waals surface area contributed by atoms with Crippen molar-refractivity contribution in [3.05, 3.63) is 46.5 Å². The molecule has 2 amide bonds. The Morgan fingerprint density at radius 2 is 2.27 bits per heavy atom. The van der Waals surface area contributed by atoms with Crippen LogP contribution in [0.15, 0.2) is 36.8 Å². The molecule has 10 heteroatoms. The highest BCUT2D eigenvalue weighted by molar-refractivity contribution is 7.14. The molecule has 0 bridgehead atoms. The lowest BCUT2D eigenvalue weighted by atomic mass is 10.2. The Morgan fingerprint density at radius 1 is 1.35 bits per heavy atom. The van der Waals surface area contributed by atoms with E-state index in [4.69, 9.17) is 0 Å². The number of nitrogens with one attached hydrogen (secondary N) is 1. The minimum absolute atomic E-state index is 0.0229. The molecule has 1 aliphatic rings. The first-order chi connectivity index (χ1) is 12.7. The Bertz CT molecular complexity index is 890. The predicted octanol–water partition coefficient (Wildman–Crippen LogP) is 2.41. The van der Waals surface area contributed by atoms with E-state index in [9.17, 15) is 9.59 Å². The average molecular weight is 388 g/mol. The highest BCUT2D eigenvalue weighted by Gasteiger charge is 2.31. The summed E-state index contributed by atoms with van der Waals surface area (Å²) in [5.74, 6) is -0.133. The van der Waals surface area contributed by atoms with Crippen molar-refractivity contribution < 1.29 is 9.59 Å². The third kappa shape index (κ3) is 3.51. The summed E-state index contributed by atoms with van der Waals surface area (Å²) in [5.41, 5.74) is 0. The van der Waals surface area contributed by atoms with Gasteiger partial charge in [-0.15, -0.1) is 16.4 Å². The van der Waals surface area contributed by atoms with Crippen molar-refractivity contribution in [1.82, 2.24) is 24.3 Å². The number of rotatable bonds is 5. The first-order valence-corrected chi connectivity index (χ1v) is 9.75. The maximum atomic E-state index is 12.6. The van der Waals surface area contributed by atoms with Gasteiger partial charge < -0.3 is 10.2 Å². The molecule has 4 heterocycles. The molecule has 3 aromatic rings. The molecule has 1 saturated heterocycles. The Labute approximate surface area is 157 Å². The van der Waals surface area contributed by atoms with Crippen molar-refractivity contribution in [3.63, 3.8) is 0 Å². The molecular weight excluding hydrogens is 372 g/mol. The second kappa shape index (κ2) is 7.34. The van der Waals surface area contributed by atoms with Gasteiger partial charge in [0.2, 0.25) is 5.91 Å². The van der Waals surface area contributed by atoms with Gasteiger partial charge in [-0.1, -0.05) is 4.49 Å². The second-order valence-electron chi connectivity index (χ2n) is 5.89. The summed E-state index contributed by atoms with van der Waals surface area (Å²) in [6.07, 6.45) is 6.83. The van der Waals surface area contributed by atoms with Crippen LogP contribution in [0.1, 0.15) is 33.4 Å². The van der Waals surface area contributed by atoms with Crippen molar-refractivity contribution in [2.75, 3.05) is 11.9 Å². The van der Waals surface area contributed by atoms with Crippen LogP contribution < -0.4 is 5.32 Å². The molecule has 8 nitrogen and oxygen atoms in total. The maximum Gasteiger partial charge on any atom is 0.266 e. The topological polar surface area (TPSA) is 93.0 Å². The number of carbonyl (C=O) groups excluding carboxylic acids is 2. The number of nitrogens with zero attached hydrogens (tertiary/aromatic N) is 5. The third-order valence-corrected chi connectivity index (χ3v) is 5.97. The smallest absolute Gasteiger partial charge is 0.266 e. The maximum absolute atomic E-state index is 12.6. The lowest BCUT2D eigenvalue weighted by Gasteiger charge is -2.23. The van der Waals surface area contributed by atoms with Crippen LogP contribution in [0.5, 0.6) is 0 Å². The van der Waals surface area contributed by atoms with E-state index in [-0.39, 0.29) is 24.4 Å². The van der Waals surface area contributed by atoms with Crippen molar-refractivity contribution in [3.8, 4) is 0 Å². The van der Waals surface area contributed by atoms with E-state index in [1.165, 1.54) is 17.5 Å². The summed E-state index contributed by atoms with van der Waals surface area (Å²) in [6.45, 7) is 0.970. The fourth-order valence-electron chi connectivity index (χ4n) is 3.03. The van der Waals surface area contributed by atoms with Crippen molar-refractivity contribution >= 4 is 39.7 Å². The average Bonchev–Trinajstić information content (AvgIpc) is 3.39. The summed E-state index contributed by atoms with van der Waals surface area (Å²) < 4.78 is 5.36. The number of amides is 2. The number of hydrogen-bond donors (Lipinski definition) is 1. The third-order valence-electron chi connectivity index (χ3n) is 4.21. The first kappa shape index (κ1) is 16.9. The van der Waals surface area contributed by atoms with Crippen molar-refractivity contribution in [2.24, 2.45) is 0 Å². The molecule has 1 atom stereocenters. The SMILES string of the molecule is O=C(Nc1cnns1)c1ccc([C@H]2CCCN2C(=O)Cn2cccn2)s1. The Balaban J connectivity index is 1.45. The van der Waals surface area contributed by atoms with Crippen LogP contribution in [0.3, 0.4) is 0 Å². The quantitative estimate of drug-likeness (QED) is 0.724. The van der Waals surface area contributed by atoms with Crippen LogP contribution >= 0.6 is 22.9 Å². The molecule has 1 N–H and O–H groups in total. The Hall–Kier alpha value is -2.59. The van der Waals surface area contributed by atoms with Crippen LogP contribution in [0.25, 0.3) is 0 Å². The van der Waals surface area contributed by atoms with Gasteiger partial charge in [0.15, 0.2) is 0 Å². The number of thiophene rings is 1. The Kier molecular flexibility index (Phi) is 4.76. The highest BCUT2D eigenvalue weighted by atomic mass is 32.1. The second-order valence-corrected chi connectivity index (χ2v) is 7.79. The molecule has 134 valence electrons. The molecule has 0 spiro atoms. The van der Waals surface area contributed by atoms with E-state index in [1.807, 2.05) is 11.0 Å². The highest BCUT2D eigenvalue weighted by Crippen LogP contribution is 2.36. The Morgan fingerprint density at radius 3 is 3.04 bits per heavy atom. The van der Waals surface area contributed by atoms with Gasteiger partial charge >= 0.3 is 0 Å². The zero-order chi connectivity index (χ0) is 17.9. The fraction of sp³-hybridized carbons (Fsp3) is 0.312. The number of likely N-dealkylation sites (tertiary alicyclic amines) is 1. The van der Waals surface area contributed by atoms with E-state index >= 15 is 0 Å². The summed E-state index contributed by atoms with van der Waals surface area (Å²) in [4.78, 5) is 28.5. The standard InChI is InChI=1S/C16H16N6O2S2/c23-15(10-21-7-2-6-18-21)22-8-1-3-11(22)12-4-5-13(25-12)16(24)19-14-9-17-20-26-14/h2,4-7,9,11H,1,3,8,10H2,(H,19,24)/t11-/m1/s1. The molecule has 0 radical (unpaired) electrons. The van der Waals surface area contributed by atoms with Gasteiger partial charge in [-0.05, 0) is 31.0 Å². The lowest BCUT2D eigenvalue weighted by Crippen LogP contribution is -2.33. The number of aromatic nitrogens is 4. The van der Waals surface area contributed by atoms with Crippen LogP contribution in [0.4, 0.5) is 5.00 Å². The zero-order valence-electron chi connectivity index (χ0n) is 13.7. The molecule has 0 unspecified atom stereocenters. The molecule has 0 aromatic carbocycles. The first-order valence-electron chi connectivity index (χ1n) is 8.16. The fourth-order valence-corrected chi connectivity index (χ4v) is 4.50. The normalized spacial score (nSPS) is 16.8. The van der Waals surface area contributed by atoms with Gasteiger partial charge in [-0.3, -0.25) is 14.3 Å². The molecule has 1 fully saturated rings. The van der Waals surface area contributed by atoms with Gasteiger partial charge in [-0.2, -0.15) is 5.10 Å². The number of anilines is 1. The van der Waals surface area contributed by atoms with E-state index in [1.54, 1.807) is 29.2 Å². The molecule has 3 aromatic heterocycles. The molecule has 0 saturated carbocycles. The van der Waals surface area contributed by atoms with Crippen molar-refractivity contribution in [2.45, 2.75) is 25.4 Å². The summed E-state index contributed by atoms with van der Waals surface area (Å²) >= 11 is 2.56. The van der Waals surface area contributed by atoms with Gasteiger partial charge in [0, 0.05) is 35.3 Å². The number of carbonyl (C=O) groups is 2. The van der Waals surface area contributed by atoms with E-state index in [2.05, 4.69) is 20.0 Å². The summed E-state index contributed by atoms with van der Waals surface area (Å²) in [5, 5.41) is 11.2. The van der Waals surface area contributed by atoms with Crippen LogP contribution in [0, 0.1) is 0 Å². The van der Waals surface area contributed by atoms with Crippen molar-refractivity contribution in [1.29, 1.82) is 0 Å². The minimum Gasteiger partial charge on any atom is -0.333 e. The monoisotopic (exact) mass is 388 g/mol. The molecule has 0 aliphatic carbocycles. The number of hydrogen-bond acceptors (Lipinski definition) is 7. The minimum atomic E-state index is -0.181. The van der Waals surface area contributed by atoms with Gasteiger partial charge in [0.1, 0.15) is 11.5 Å². The van der Waals surface area contributed by atoms with Gasteiger partial charge in [0.05, 0.1) is 17.1 Å². The largest absolute Gasteiger partial charge is 0.333 e.